The molecular formula is C22H34S. The molecule has 3 atom stereocenters. The average Bonchev–Trinajstić information content (AvgIpc) is 2.44. The van der Waals surface area contributed by atoms with Crippen LogP contribution in [0.3, 0.4) is 0 Å². The number of hydrogen-bond acceptors (Lipinski definition) is 1. The molecule has 1 aliphatic heterocycles. The maximum absolute atomic E-state index is 2.56. The summed E-state index contributed by atoms with van der Waals surface area (Å²) in [5.41, 5.74) is 9.32. The van der Waals surface area contributed by atoms with Gasteiger partial charge in [0, 0.05) is 16.4 Å². The lowest BCUT2D eigenvalue weighted by molar-refractivity contribution is 0.561. The Morgan fingerprint density at radius 3 is 2.04 bits per heavy atom. The third kappa shape index (κ3) is 3.55. The van der Waals surface area contributed by atoms with E-state index in [1.165, 1.54) is 11.1 Å². The van der Waals surface area contributed by atoms with Crippen LogP contribution in [0, 0.1) is 19.8 Å². The van der Waals surface area contributed by atoms with Crippen LogP contribution in [0.15, 0.2) is 17.7 Å². The Balaban J connectivity index is 2.85. The number of rotatable bonds is 2. The van der Waals surface area contributed by atoms with Crippen molar-refractivity contribution in [1.82, 2.24) is 0 Å². The van der Waals surface area contributed by atoms with Gasteiger partial charge < -0.3 is 0 Å². The predicted octanol–water partition coefficient (Wildman–Crippen LogP) is 7.31. The molecule has 2 rings (SSSR count). The van der Waals surface area contributed by atoms with Crippen molar-refractivity contribution in [3.63, 3.8) is 0 Å². The van der Waals surface area contributed by atoms with Crippen LogP contribution >= 0.6 is 11.8 Å². The molecule has 1 aromatic carbocycles. The summed E-state index contributed by atoms with van der Waals surface area (Å²) >= 11 is 2.11. The second-order valence-corrected chi connectivity index (χ2v) is 9.68. The third-order valence-electron chi connectivity index (χ3n) is 5.54. The molecule has 0 amide bonds. The summed E-state index contributed by atoms with van der Waals surface area (Å²) in [6.45, 7) is 21.2. The van der Waals surface area contributed by atoms with Gasteiger partial charge in [0.25, 0.3) is 0 Å². The Hall–Kier alpha value is -0.690. The molecule has 0 nitrogen and oxygen atoms in total. The molecule has 0 N–H and O–H groups in total. The fraction of sp³-hybridized carbons (Fsp3) is 0.636. The predicted molar refractivity (Wildman–Crippen MR) is 107 cm³/mol. The molecular weight excluding hydrogens is 296 g/mol. The minimum Gasteiger partial charge on any atom is -0.146 e. The molecule has 0 saturated carbocycles. The minimum atomic E-state index is 0.535. The van der Waals surface area contributed by atoms with E-state index in [1.54, 1.807) is 22.3 Å². The van der Waals surface area contributed by atoms with E-state index >= 15 is 0 Å². The zero-order valence-electron chi connectivity index (χ0n) is 16.4. The zero-order valence-corrected chi connectivity index (χ0v) is 17.3. The lowest BCUT2D eigenvalue weighted by Crippen LogP contribution is -2.18. The summed E-state index contributed by atoms with van der Waals surface area (Å²) < 4.78 is 0. The van der Waals surface area contributed by atoms with Crippen molar-refractivity contribution in [1.29, 1.82) is 0 Å². The normalized spacial score (nSPS) is 27.4. The Morgan fingerprint density at radius 1 is 0.913 bits per heavy atom. The molecule has 0 aromatic heterocycles. The van der Waals surface area contributed by atoms with E-state index in [-0.39, 0.29) is 0 Å². The monoisotopic (exact) mass is 330 g/mol. The Bertz CT molecular complexity index is 607. The summed E-state index contributed by atoms with van der Waals surface area (Å²) in [5.74, 6) is 1.74. The van der Waals surface area contributed by atoms with Crippen molar-refractivity contribution in [3.8, 4) is 0 Å². The van der Waals surface area contributed by atoms with Gasteiger partial charge in [0.2, 0.25) is 0 Å². The average molecular weight is 331 g/mol. The van der Waals surface area contributed by atoms with E-state index in [0.717, 1.165) is 0 Å². The van der Waals surface area contributed by atoms with Gasteiger partial charge in [-0.3, -0.25) is 0 Å². The molecule has 0 fully saturated rings. The number of allylic oxidation sites excluding steroid dienone is 1. The first-order valence-corrected chi connectivity index (χ1v) is 10.1. The third-order valence-corrected chi connectivity index (χ3v) is 6.96. The second-order valence-electron chi connectivity index (χ2n) is 7.99. The smallest absolute Gasteiger partial charge is 0.0280 e. The van der Waals surface area contributed by atoms with Crippen molar-refractivity contribution < 1.29 is 0 Å². The van der Waals surface area contributed by atoms with Gasteiger partial charge in [-0.25, -0.2) is 0 Å². The fourth-order valence-electron chi connectivity index (χ4n) is 3.87. The quantitative estimate of drug-likeness (QED) is 0.512. The van der Waals surface area contributed by atoms with Crippen LogP contribution in [0.4, 0.5) is 0 Å². The van der Waals surface area contributed by atoms with Gasteiger partial charge in [0.05, 0.1) is 0 Å². The number of benzene rings is 1. The summed E-state index contributed by atoms with van der Waals surface area (Å²) in [5, 5.41) is 1.16. The van der Waals surface area contributed by atoms with Crippen LogP contribution < -0.4 is 0 Å². The lowest BCUT2D eigenvalue weighted by atomic mass is 9.76. The van der Waals surface area contributed by atoms with Crippen molar-refractivity contribution in [2.45, 2.75) is 84.6 Å². The maximum Gasteiger partial charge on any atom is 0.0280 e. The molecule has 1 heteroatoms. The van der Waals surface area contributed by atoms with Crippen LogP contribution in [-0.4, -0.2) is 5.25 Å². The number of thioether (sulfide) groups is 1. The largest absolute Gasteiger partial charge is 0.146 e. The topological polar surface area (TPSA) is 0 Å². The highest BCUT2D eigenvalue weighted by atomic mass is 32.2. The molecule has 1 heterocycles. The van der Waals surface area contributed by atoms with Gasteiger partial charge in [-0.2, -0.15) is 0 Å². The van der Waals surface area contributed by atoms with E-state index in [1.807, 2.05) is 0 Å². The summed E-state index contributed by atoms with van der Waals surface area (Å²) in [4.78, 5) is 0. The standard InChI is InChI=1S/C22H34S/c1-12(2)19-10-14(5)16(7)21-18(9)23-17(8)15(6)11-20(13(3)4)22(19)21/h10-13,17-18,20H,1-9H3/b15-11-/t17-,18+,20?/m1/s1. The minimum absolute atomic E-state index is 0.535. The maximum atomic E-state index is 2.56. The highest BCUT2D eigenvalue weighted by Crippen LogP contribution is 2.47. The second kappa shape index (κ2) is 7.05. The zero-order chi connectivity index (χ0) is 17.5. The van der Waals surface area contributed by atoms with Gasteiger partial charge in [0.1, 0.15) is 0 Å². The highest BCUT2D eigenvalue weighted by Gasteiger charge is 2.30. The molecule has 0 saturated heterocycles. The molecule has 1 unspecified atom stereocenters. The van der Waals surface area contributed by atoms with Gasteiger partial charge in [-0.15, -0.1) is 11.8 Å². The van der Waals surface area contributed by atoms with Crippen LogP contribution in [-0.2, 0) is 0 Å². The van der Waals surface area contributed by atoms with E-state index < -0.39 is 0 Å². The van der Waals surface area contributed by atoms with Crippen molar-refractivity contribution >= 4 is 11.8 Å². The number of fused-ring (bicyclic) bond motifs is 1. The number of aryl methyl sites for hydroxylation is 1. The van der Waals surface area contributed by atoms with E-state index in [9.17, 15) is 0 Å². The Labute approximate surface area is 148 Å². The first kappa shape index (κ1) is 18.6. The Kier molecular flexibility index (Phi) is 5.72. The number of hydrogen-bond donors (Lipinski definition) is 0. The first-order valence-electron chi connectivity index (χ1n) is 9.12. The molecule has 1 aliphatic rings. The van der Waals surface area contributed by atoms with Gasteiger partial charge in [-0.1, -0.05) is 45.4 Å². The van der Waals surface area contributed by atoms with Crippen LogP contribution in [0.2, 0.25) is 0 Å². The first-order chi connectivity index (χ1) is 10.6. The molecule has 0 aliphatic carbocycles. The SMILES string of the molecule is C/C1=C/C(C(C)C)c2c(C(C)C)cc(C)c(C)c2[C@H](C)S[C@@H]1C. The van der Waals surface area contributed by atoms with Gasteiger partial charge in [-0.05, 0) is 74.3 Å². The molecule has 23 heavy (non-hydrogen) atoms. The van der Waals surface area contributed by atoms with Gasteiger partial charge >= 0.3 is 0 Å². The van der Waals surface area contributed by atoms with Crippen LogP contribution in [0.25, 0.3) is 0 Å². The lowest BCUT2D eigenvalue weighted by Gasteiger charge is -2.34. The molecule has 128 valence electrons. The van der Waals surface area contributed by atoms with Crippen LogP contribution in [0.5, 0.6) is 0 Å². The summed E-state index contributed by atoms with van der Waals surface area (Å²) in [6.07, 6.45) is 2.56. The van der Waals surface area contributed by atoms with E-state index in [0.29, 0.717) is 28.3 Å². The van der Waals surface area contributed by atoms with Gasteiger partial charge in [0.15, 0.2) is 0 Å². The van der Waals surface area contributed by atoms with Crippen molar-refractivity contribution in [2.75, 3.05) is 0 Å². The highest BCUT2D eigenvalue weighted by molar-refractivity contribution is 8.00. The molecule has 0 bridgehead atoms. The summed E-state index contributed by atoms with van der Waals surface area (Å²) in [7, 11) is 0. The van der Waals surface area contributed by atoms with E-state index in [4.69, 9.17) is 0 Å². The summed E-state index contributed by atoms with van der Waals surface area (Å²) in [6, 6.07) is 2.46. The van der Waals surface area contributed by atoms with Crippen molar-refractivity contribution in [2.24, 2.45) is 5.92 Å². The fourth-order valence-corrected chi connectivity index (χ4v) is 5.22. The molecule has 0 spiro atoms. The molecule has 1 aromatic rings. The van der Waals surface area contributed by atoms with E-state index in [2.05, 4.69) is 86.2 Å². The Morgan fingerprint density at radius 2 is 1.52 bits per heavy atom. The van der Waals surface area contributed by atoms with Crippen molar-refractivity contribution in [3.05, 3.63) is 45.5 Å². The van der Waals surface area contributed by atoms with Crippen LogP contribution in [0.1, 0.15) is 93.4 Å². The molecule has 0 radical (unpaired) electrons.